The minimum absolute atomic E-state index is 0.172. The number of nitro groups is 1. The van der Waals surface area contributed by atoms with Crippen LogP contribution in [0.15, 0.2) is 70.6 Å². The van der Waals surface area contributed by atoms with E-state index in [-0.39, 0.29) is 5.76 Å². The quantitative estimate of drug-likeness (QED) is 0.300. The zero-order valence-electron chi connectivity index (χ0n) is 14.0. The highest BCUT2D eigenvalue weighted by Crippen LogP contribution is 2.27. The number of allylic oxidation sites excluding steroid dienone is 1. The predicted octanol–water partition coefficient (Wildman–Crippen LogP) is 4.28. The summed E-state index contributed by atoms with van der Waals surface area (Å²) in [4.78, 5) is 27.1. The molecule has 0 fully saturated rings. The van der Waals surface area contributed by atoms with Crippen LogP contribution < -0.4 is 4.80 Å². The average molecular weight is 379 g/mol. The fourth-order valence-corrected chi connectivity index (χ4v) is 4.05. The Kier molecular flexibility index (Phi) is 4.17. The second kappa shape index (κ2) is 6.65. The van der Waals surface area contributed by atoms with Gasteiger partial charge in [0.25, 0.3) is 0 Å². The summed E-state index contributed by atoms with van der Waals surface area (Å²) in [6.07, 6.45) is 1.72. The van der Waals surface area contributed by atoms with Crippen molar-refractivity contribution in [2.24, 2.45) is 4.99 Å². The van der Waals surface area contributed by atoms with Crippen LogP contribution in [0.1, 0.15) is 10.6 Å². The zero-order valence-corrected chi connectivity index (χ0v) is 14.8. The summed E-state index contributed by atoms with van der Waals surface area (Å²) in [5.41, 5.74) is 0.940. The first-order valence-corrected chi connectivity index (χ1v) is 8.85. The van der Waals surface area contributed by atoms with Crippen molar-refractivity contribution in [3.8, 4) is 0 Å². The van der Waals surface area contributed by atoms with E-state index in [0.29, 0.717) is 11.3 Å². The van der Waals surface area contributed by atoms with Gasteiger partial charge in [-0.25, -0.2) is 0 Å². The van der Waals surface area contributed by atoms with E-state index in [0.717, 1.165) is 27.1 Å². The second-order valence-corrected chi connectivity index (χ2v) is 6.71. The van der Waals surface area contributed by atoms with Crippen molar-refractivity contribution in [3.05, 3.63) is 81.9 Å². The molecule has 0 atom stereocenters. The lowest BCUT2D eigenvalue weighted by Gasteiger charge is -2.02. The van der Waals surface area contributed by atoms with E-state index in [2.05, 4.69) is 11.6 Å². The Morgan fingerprint density at radius 1 is 1.26 bits per heavy atom. The van der Waals surface area contributed by atoms with Crippen LogP contribution in [-0.2, 0) is 6.54 Å². The first-order chi connectivity index (χ1) is 13.1. The molecule has 4 rings (SSSR count). The molecule has 0 aliphatic heterocycles. The third kappa shape index (κ3) is 2.96. The third-order valence-electron chi connectivity index (χ3n) is 4.07. The van der Waals surface area contributed by atoms with E-state index in [1.54, 1.807) is 6.08 Å². The fraction of sp³-hybridized carbons (Fsp3) is 0.0526. The van der Waals surface area contributed by atoms with Crippen LogP contribution in [0.2, 0.25) is 0 Å². The summed E-state index contributed by atoms with van der Waals surface area (Å²) in [6, 6.07) is 14.4. The molecule has 2 aromatic heterocycles. The van der Waals surface area contributed by atoms with Gasteiger partial charge in [0, 0.05) is 11.9 Å². The number of carbonyl (C=O) groups excluding carboxylic acids is 1. The molecule has 8 heteroatoms. The molecule has 0 aliphatic carbocycles. The van der Waals surface area contributed by atoms with E-state index in [4.69, 9.17) is 4.42 Å². The van der Waals surface area contributed by atoms with Gasteiger partial charge in [-0.3, -0.25) is 14.9 Å². The van der Waals surface area contributed by atoms with Gasteiger partial charge in [0.05, 0.1) is 16.3 Å². The maximum absolute atomic E-state index is 12.4. The van der Waals surface area contributed by atoms with Crippen molar-refractivity contribution in [1.29, 1.82) is 0 Å². The Hall–Kier alpha value is -3.52. The molecule has 0 radical (unpaired) electrons. The average Bonchev–Trinajstić information content (AvgIpc) is 3.28. The Bertz CT molecular complexity index is 1280. The van der Waals surface area contributed by atoms with Gasteiger partial charge in [0.15, 0.2) is 4.80 Å². The van der Waals surface area contributed by atoms with Crippen molar-refractivity contribution in [1.82, 2.24) is 4.57 Å². The molecule has 0 saturated carbocycles. The van der Waals surface area contributed by atoms with Gasteiger partial charge in [-0.05, 0) is 17.5 Å². The highest BCUT2D eigenvalue weighted by atomic mass is 32.1. The number of aromatic nitrogens is 1. The van der Waals surface area contributed by atoms with Gasteiger partial charge in [0.2, 0.25) is 5.76 Å². The van der Waals surface area contributed by atoms with Gasteiger partial charge in [-0.1, -0.05) is 47.7 Å². The molecule has 0 unspecified atom stereocenters. The molecule has 0 N–H and O–H groups in total. The van der Waals surface area contributed by atoms with E-state index in [9.17, 15) is 14.9 Å². The van der Waals surface area contributed by atoms with E-state index in [1.807, 2.05) is 41.0 Å². The summed E-state index contributed by atoms with van der Waals surface area (Å²) in [7, 11) is 0. The van der Waals surface area contributed by atoms with Gasteiger partial charge in [-0.15, -0.1) is 6.58 Å². The molecule has 0 bridgehead atoms. The van der Waals surface area contributed by atoms with Crippen LogP contribution >= 0.6 is 11.3 Å². The lowest BCUT2D eigenvalue weighted by molar-refractivity contribution is -0.402. The molecule has 0 aliphatic rings. The largest absolute Gasteiger partial charge is 0.433 e. The third-order valence-corrected chi connectivity index (χ3v) is 5.19. The normalized spacial score (nSPS) is 11.9. The van der Waals surface area contributed by atoms with Crippen LogP contribution in [-0.4, -0.2) is 15.4 Å². The SMILES string of the molecule is C=CCn1c(=NC(=O)c2ccc([N+](=O)[O-])o2)sc2c3ccccc3ccc21. The number of nitrogens with zero attached hydrogens (tertiary/aromatic N) is 3. The Labute approximate surface area is 156 Å². The summed E-state index contributed by atoms with van der Waals surface area (Å²) >= 11 is 1.38. The first-order valence-electron chi connectivity index (χ1n) is 8.04. The van der Waals surface area contributed by atoms with Crippen molar-refractivity contribution in [2.45, 2.75) is 6.54 Å². The number of furan rings is 1. The first kappa shape index (κ1) is 16.9. The van der Waals surface area contributed by atoms with Crippen LogP contribution in [0.5, 0.6) is 0 Å². The number of amides is 1. The molecular weight excluding hydrogens is 366 g/mol. The number of thiazole rings is 1. The summed E-state index contributed by atoms with van der Waals surface area (Å²) < 4.78 is 7.85. The van der Waals surface area contributed by atoms with Crippen LogP contribution in [0.3, 0.4) is 0 Å². The highest BCUT2D eigenvalue weighted by Gasteiger charge is 2.17. The zero-order chi connectivity index (χ0) is 19.0. The summed E-state index contributed by atoms with van der Waals surface area (Å²) in [5.74, 6) is -1.33. The number of carbonyl (C=O) groups is 1. The summed E-state index contributed by atoms with van der Waals surface area (Å²) in [5, 5.41) is 12.9. The van der Waals surface area contributed by atoms with Crippen LogP contribution in [0, 0.1) is 10.1 Å². The standard InChI is InChI=1S/C19H13N3O4S/c1-2-11-21-14-8-7-12-5-3-4-6-13(12)17(14)27-19(21)20-18(23)15-9-10-16(26-15)22(24)25/h2-10H,1,11H2. The number of hydrogen-bond donors (Lipinski definition) is 0. The number of hydrogen-bond acceptors (Lipinski definition) is 5. The van der Waals surface area contributed by atoms with E-state index < -0.39 is 16.7 Å². The lowest BCUT2D eigenvalue weighted by atomic mass is 10.1. The molecule has 0 spiro atoms. The van der Waals surface area contributed by atoms with Crippen molar-refractivity contribution >= 4 is 44.1 Å². The minimum Gasteiger partial charge on any atom is -0.395 e. The predicted molar refractivity (Wildman–Crippen MR) is 103 cm³/mol. The Morgan fingerprint density at radius 2 is 2.07 bits per heavy atom. The molecule has 2 aromatic carbocycles. The minimum atomic E-state index is -0.694. The number of benzene rings is 2. The maximum atomic E-state index is 12.4. The van der Waals surface area contributed by atoms with Crippen molar-refractivity contribution in [2.75, 3.05) is 0 Å². The molecule has 134 valence electrons. The van der Waals surface area contributed by atoms with Crippen molar-refractivity contribution < 1.29 is 14.1 Å². The Balaban J connectivity index is 1.91. The van der Waals surface area contributed by atoms with Crippen molar-refractivity contribution in [3.63, 3.8) is 0 Å². The van der Waals surface area contributed by atoms with E-state index in [1.165, 1.54) is 17.4 Å². The molecular formula is C19H13N3O4S. The summed E-state index contributed by atoms with van der Waals surface area (Å²) in [6.45, 7) is 4.24. The smallest absolute Gasteiger partial charge is 0.395 e. The second-order valence-electron chi connectivity index (χ2n) is 5.73. The van der Waals surface area contributed by atoms with Gasteiger partial charge >= 0.3 is 11.8 Å². The number of rotatable bonds is 4. The molecule has 1 amide bonds. The highest BCUT2D eigenvalue weighted by molar-refractivity contribution is 7.17. The molecule has 7 nitrogen and oxygen atoms in total. The Morgan fingerprint density at radius 3 is 2.81 bits per heavy atom. The van der Waals surface area contributed by atoms with Gasteiger partial charge in [-0.2, -0.15) is 4.99 Å². The fourth-order valence-electron chi connectivity index (χ4n) is 2.87. The topological polar surface area (TPSA) is 90.6 Å². The van der Waals surface area contributed by atoms with Gasteiger partial charge in [0.1, 0.15) is 4.92 Å². The van der Waals surface area contributed by atoms with Crippen LogP contribution in [0.4, 0.5) is 5.88 Å². The molecule has 2 heterocycles. The molecule has 4 aromatic rings. The van der Waals surface area contributed by atoms with Gasteiger partial charge < -0.3 is 8.98 Å². The molecule has 27 heavy (non-hydrogen) atoms. The maximum Gasteiger partial charge on any atom is 0.433 e. The molecule has 0 saturated heterocycles. The lowest BCUT2D eigenvalue weighted by Crippen LogP contribution is -2.16. The number of fused-ring (bicyclic) bond motifs is 3. The van der Waals surface area contributed by atoms with Crippen LogP contribution in [0.25, 0.3) is 21.0 Å². The van der Waals surface area contributed by atoms with E-state index >= 15 is 0 Å². The monoisotopic (exact) mass is 379 g/mol.